The summed E-state index contributed by atoms with van der Waals surface area (Å²) in [7, 11) is 0. The van der Waals surface area contributed by atoms with Crippen molar-refractivity contribution in [1.29, 1.82) is 0 Å². The first kappa shape index (κ1) is 10.1. The summed E-state index contributed by atoms with van der Waals surface area (Å²) < 4.78 is 0. The zero-order chi connectivity index (χ0) is 10.0. The van der Waals surface area contributed by atoms with Crippen LogP contribution in [0.1, 0.15) is 42.5 Å². The predicted octanol–water partition coefficient (Wildman–Crippen LogP) is 1.71. The first-order chi connectivity index (χ1) is 6.06. The lowest BCUT2D eigenvalue weighted by atomic mass is 10.0. The zero-order valence-electron chi connectivity index (χ0n) is 8.63. The molecule has 72 valence electrons. The topological polar surface area (TPSA) is 46.0 Å². The number of hydrogen-bond acceptors (Lipinski definition) is 3. The second-order valence-corrected chi connectivity index (χ2v) is 3.54. The molecule has 1 N–H and O–H groups in total. The van der Waals surface area contributed by atoms with E-state index in [2.05, 4.69) is 23.8 Å². The number of hydrogen-bond donors (Lipinski definition) is 1. The molecule has 3 heteroatoms. The van der Waals surface area contributed by atoms with Crippen molar-refractivity contribution in [1.82, 2.24) is 9.97 Å². The molecule has 0 spiro atoms. The van der Waals surface area contributed by atoms with Crippen molar-refractivity contribution in [3.8, 4) is 0 Å². The van der Waals surface area contributed by atoms with Crippen LogP contribution in [0.3, 0.4) is 0 Å². The molecule has 0 aliphatic heterocycles. The summed E-state index contributed by atoms with van der Waals surface area (Å²) in [4.78, 5) is 8.43. The highest BCUT2D eigenvalue weighted by atomic mass is 16.3. The molecule has 3 nitrogen and oxygen atoms in total. The summed E-state index contributed by atoms with van der Waals surface area (Å²) in [5.41, 5.74) is 3.15. The van der Waals surface area contributed by atoms with Gasteiger partial charge in [-0.05, 0) is 25.3 Å². The Morgan fingerprint density at radius 1 is 1.15 bits per heavy atom. The molecule has 0 radical (unpaired) electrons. The number of aliphatic hydroxyl groups excluding tert-OH is 1. The van der Waals surface area contributed by atoms with Gasteiger partial charge in [0.25, 0.3) is 0 Å². The van der Waals surface area contributed by atoms with Crippen molar-refractivity contribution in [2.75, 3.05) is 0 Å². The van der Waals surface area contributed by atoms with Crippen LogP contribution in [0, 0.1) is 13.8 Å². The van der Waals surface area contributed by atoms with Crippen LogP contribution in [0.2, 0.25) is 0 Å². The van der Waals surface area contributed by atoms with Gasteiger partial charge in [0.15, 0.2) is 5.82 Å². The van der Waals surface area contributed by atoms with Crippen LogP contribution in [0.5, 0.6) is 0 Å². The zero-order valence-corrected chi connectivity index (χ0v) is 8.63. The maximum atomic E-state index is 8.89. The summed E-state index contributed by atoms with van der Waals surface area (Å²) in [6.45, 7) is 8.08. The molecule has 13 heavy (non-hydrogen) atoms. The minimum absolute atomic E-state index is 0.0833. The maximum absolute atomic E-state index is 8.89. The van der Waals surface area contributed by atoms with Crippen LogP contribution in [0.25, 0.3) is 0 Å². The van der Waals surface area contributed by atoms with Gasteiger partial charge in [0.05, 0.1) is 0 Å². The number of aromatic nitrogens is 2. The highest BCUT2D eigenvalue weighted by Crippen LogP contribution is 2.20. The van der Waals surface area contributed by atoms with E-state index < -0.39 is 0 Å². The van der Waals surface area contributed by atoms with Crippen LogP contribution >= 0.6 is 0 Å². The number of aliphatic hydroxyl groups is 1. The van der Waals surface area contributed by atoms with E-state index in [-0.39, 0.29) is 6.61 Å². The Hall–Kier alpha value is -0.960. The molecule has 1 aromatic heterocycles. The fourth-order valence-corrected chi connectivity index (χ4v) is 1.70. The van der Waals surface area contributed by atoms with Crippen molar-refractivity contribution in [2.45, 2.75) is 40.2 Å². The first-order valence-corrected chi connectivity index (χ1v) is 4.51. The normalized spacial score (nSPS) is 10.9. The molecular formula is C10H16N2O. The quantitative estimate of drug-likeness (QED) is 0.753. The Morgan fingerprint density at radius 2 is 1.62 bits per heavy atom. The van der Waals surface area contributed by atoms with Gasteiger partial charge >= 0.3 is 0 Å². The van der Waals surface area contributed by atoms with Crippen molar-refractivity contribution in [2.24, 2.45) is 0 Å². The third kappa shape index (κ3) is 2.04. The smallest absolute Gasteiger partial charge is 0.154 e. The largest absolute Gasteiger partial charge is 0.388 e. The van der Waals surface area contributed by atoms with E-state index in [0.29, 0.717) is 11.7 Å². The van der Waals surface area contributed by atoms with E-state index in [4.69, 9.17) is 5.11 Å². The van der Waals surface area contributed by atoms with Crippen LogP contribution in [0.4, 0.5) is 0 Å². The van der Waals surface area contributed by atoms with Gasteiger partial charge in [-0.25, -0.2) is 9.97 Å². The molecule has 0 bridgehead atoms. The molecule has 0 amide bonds. The minimum Gasteiger partial charge on any atom is -0.388 e. The van der Waals surface area contributed by atoms with Crippen LogP contribution < -0.4 is 0 Å². The molecule has 0 fully saturated rings. The van der Waals surface area contributed by atoms with E-state index in [1.54, 1.807) is 0 Å². The summed E-state index contributed by atoms with van der Waals surface area (Å²) in [6.07, 6.45) is 0. The molecule has 0 aliphatic carbocycles. The number of rotatable bonds is 2. The van der Waals surface area contributed by atoms with Crippen LogP contribution in [-0.2, 0) is 6.61 Å². The van der Waals surface area contributed by atoms with Crippen LogP contribution in [-0.4, -0.2) is 15.1 Å². The SMILES string of the molecule is Cc1nc(CO)nc(C)c1C(C)C. The molecule has 1 rings (SSSR count). The summed E-state index contributed by atoms with van der Waals surface area (Å²) in [6, 6.07) is 0. The molecule has 0 saturated carbocycles. The molecule has 0 saturated heterocycles. The average molecular weight is 180 g/mol. The molecule has 0 aliphatic rings. The van der Waals surface area contributed by atoms with Crippen molar-refractivity contribution < 1.29 is 5.11 Å². The maximum Gasteiger partial charge on any atom is 0.154 e. The number of nitrogens with zero attached hydrogens (tertiary/aromatic N) is 2. The molecule has 0 unspecified atom stereocenters. The first-order valence-electron chi connectivity index (χ1n) is 4.51. The van der Waals surface area contributed by atoms with E-state index in [1.807, 2.05) is 13.8 Å². The predicted molar refractivity (Wildman–Crippen MR) is 51.5 cm³/mol. The van der Waals surface area contributed by atoms with Crippen molar-refractivity contribution in [3.05, 3.63) is 22.8 Å². The van der Waals surface area contributed by atoms with Gasteiger partial charge < -0.3 is 5.11 Å². The number of aryl methyl sites for hydroxylation is 2. The van der Waals surface area contributed by atoms with Gasteiger partial charge in [0.1, 0.15) is 6.61 Å². The minimum atomic E-state index is -0.0833. The van der Waals surface area contributed by atoms with Gasteiger partial charge in [-0.1, -0.05) is 13.8 Å². The molecule has 0 aromatic carbocycles. The summed E-state index contributed by atoms with van der Waals surface area (Å²) in [5.74, 6) is 0.951. The molecule has 0 atom stereocenters. The summed E-state index contributed by atoms with van der Waals surface area (Å²) >= 11 is 0. The van der Waals surface area contributed by atoms with Gasteiger partial charge in [0.2, 0.25) is 0 Å². The van der Waals surface area contributed by atoms with Gasteiger partial charge in [0, 0.05) is 11.4 Å². The Bertz CT molecular complexity index is 285. The van der Waals surface area contributed by atoms with E-state index >= 15 is 0 Å². The van der Waals surface area contributed by atoms with E-state index in [1.165, 1.54) is 5.56 Å². The Labute approximate surface area is 78.9 Å². The highest BCUT2D eigenvalue weighted by Gasteiger charge is 2.10. The fraction of sp³-hybridized carbons (Fsp3) is 0.600. The van der Waals surface area contributed by atoms with Gasteiger partial charge in [-0.3, -0.25) is 0 Å². The van der Waals surface area contributed by atoms with E-state index in [9.17, 15) is 0 Å². The van der Waals surface area contributed by atoms with Gasteiger partial charge in [-0.2, -0.15) is 0 Å². The molecule has 1 aromatic rings. The van der Waals surface area contributed by atoms with Gasteiger partial charge in [-0.15, -0.1) is 0 Å². The Morgan fingerprint density at radius 3 is 1.92 bits per heavy atom. The Kier molecular flexibility index (Phi) is 2.98. The van der Waals surface area contributed by atoms with Crippen molar-refractivity contribution in [3.63, 3.8) is 0 Å². The fourth-order valence-electron chi connectivity index (χ4n) is 1.70. The lowest BCUT2D eigenvalue weighted by molar-refractivity contribution is 0.270. The standard InChI is InChI=1S/C10H16N2O/c1-6(2)10-7(3)11-9(5-13)12-8(10)4/h6,13H,5H2,1-4H3. The van der Waals surface area contributed by atoms with E-state index in [0.717, 1.165) is 11.4 Å². The lowest BCUT2D eigenvalue weighted by Gasteiger charge is -2.12. The summed E-state index contributed by atoms with van der Waals surface area (Å²) in [5, 5.41) is 8.89. The highest BCUT2D eigenvalue weighted by molar-refractivity contribution is 5.27. The van der Waals surface area contributed by atoms with Crippen molar-refractivity contribution >= 4 is 0 Å². The average Bonchev–Trinajstić information content (AvgIpc) is 2.02. The monoisotopic (exact) mass is 180 g/mol. The van der Waals surface area contributed by atoms with Crippen LogP contribution in [0.15, 0.2) is 0 Å². The third-order valence-electron chi connectivity index (χ3n) is 2.09. The second kappa shape index (κ2) is 3.83. The Balaban J connectivity index is 3.23. The lowest BCUT2D eigenvalue weighted by Crippen LogP contribution is -2.06. The molecule has 1 heterocycles. The second-order valence-electron chi connectivity index (χ2n) is 3.54. The third-order valence-corrected chi connectivity index (χ3v) is 2.09. The molecular weight excluding hydrogens is 164 g/mol.